The molecular weight excluding hydrogens is 471 g/mol. The van der Waals surface area contributed by atoms with E-state index >= 15 is 0 Å². The van der Waals surface area contributed by atoms with E-state index in [0.717, 1.165) is 36.7 Å². The fraction of sp³-hybridized carbons (Fsp3) is 0.273. The third-order valence-electron chi connectivity index (χ3n) is 4.91. The molecule has 1 aliphatic rings. The van der Waals surface area contributed by atoms with Gasteiger partial charge in [0.25, 0.3) is 5.91 Å². The van der Waals surface area contributed by atoms with Crippen molar-refractivity contribution < 1.29 is 27.5 Å². The molecule has 1 unspecified atom stereocenters. The zero-order chi connectivity index (χ0) is 24.1. The van der Waals surface area contributed by atoms with Gasteiger partial charge in [-0.2, -0.15) is 13.2 Å². The summed E-state index contributed by atoms with van der Waals surface area (Å²) in [6.07, 6.45) is -2.77. The molecule has 1 aromatic heterocycles. The van der Waals surface area contributed by atoms with Gasteiger partial charge in [-0.05, 0) is 49.2 Å². The fourth-order valence-electron chi connectivity index (χ4n) is 3.30. The Hall–Kier alpha value is -3.38. The molecule has 1 saturated heterocycles. The number of H-pyrrole nitrogens is 1. The first kappa shape index (κ1) is 23.8. The van der Waals surface area contributed by atoms with E-state index in [-0.39, 0.29) is 29.0 Å². The third-order valence-corrected chi connectivity index (χ3v) is 5.75. The second-order valence-corrected chi connectivity index (χ2v) is 8.40. The van der Waals surface area contributed by atoms with Gasteiger partial charge in [-0.3, -0.25) is 14.7 Å². The van der Waals surface area contributed by atoms with Gasteiger partial charge in [-0.25, -0.2) is 4.98 Å². The quantitative estimate of drug-likeness (QED) is 0.415. The van der Waals surface area contributed by atoms with Gasteiger partial charge in [0.15, 0.2) is 5.82 Å². The lowest BCUT2D eigenvalue weighted by Gasteiger charge is -2.11. The number of hydrogen-bond acceptors (Lipinski definition) is 6. The number of nitrogens with zero attached hydrogens (tertiary/aromatic N) is 2. The molecule has 2 heterocycles. The van der Waals surface area contributed by atoms with E-state index in [1.54, 1.807) is 12.1 Å². The van der Waals surface area contributed by atoms with Crippen molar-refractivity contribution in [3.05, 3.63) is 65.5 Å². The van der Waals surface area contributed by atoms with Crippen molar-refractivity contribution in [3.63, 3.8) is 0 Å². The first-order chi connectivity index (χ1) is 16.3. The fourth-order valence-corrected chi connectivity index (χ4v) is 3.91. The predicted molar refractivity (Wildman–Crippen MR) is 120 cm³/mol. The molecule has 1 aliphatic heterocycles. The zero-order valence-electron chi connectivity index (χ0n) is 17.7. The van der Waals surface area contributed by atoms with Crippen LogP contribution in [0.5, 0.6) is 0 Å². The number of aromatic nitrogens is 3. The van der Waals surface area contributed by atoms with Crippen LogP contribution in [0.4, 0.5) is 24.5 Å². The first-order valence-corrected chi connectivity index (χ1v) is 11.3. The highest BCUT2D eigenvalue weighted by atomic mass is 32.2. The Balaban J connectivity index is 1.32. The predicted octanol–water partition coefficient (Wildman–Crippen LogP) is 4.66. The molecule has 0 radical (unpaired) electrons. The van der Waals surface area contributed by atoms with Crippen LogP contribution >= 0.6 is 11.8 Å². The van der Waals surface area contributed by atoms with Gasteiger partial charge < -0.3 is 15.4 Å². The number of nitrogens with one attached hydrogen (secondary N) is 3. The summed E-state index contributed by atoms with van der Waals surface area (Å²) in [4.78, 5) is 29.2. The van der Waals surface area contributed by atoms with Gasteiger partial charge in [0.1, 0.15) is 6.10 Å². The Bertz CT molecular complexity index is 1180. The second-order valence-electron chi connectivity index (χ2n) is 7.46. The van der Waals surface area contributed by atoms with Crippen molar-refractivity contribution in [2.24, 2.45) is 0 Å². The number of alkyl halides is 3. The zero-order valence-corrected chi connectivity index (χ0v) is 18.5. The monoisotopic (exact) mass is 491 g/mol. The molecule has 0 bridgehead atoms. The van der Waals surface area contributed by atoms with Crippen molar-refractivity contribution >= 4 is 35.0 Å². The smallest absolute Gasteiger partial charge is 0.370 e. The molecule has 1 fully saturated rings. The molecule has 2 amide bonds. The van der Waals surface area contributed by atoms with Crippen molar-refractivity contribution in [2.45, 2.75) is 30.3 Å². The molecule has 34 heavy (non-hydrogen) atoms. The number of amides is 2. The van der Waals surface area contributed by atoms with E-state index < -0.39 is 17.6 Å². The lowest BCUT2D eigenvalue weighted by atomic mass is 10.1. The van der Waals surface area contributed by atoms with Crippen LogP contribution in [0.3, 0.4) is 0 Å². The maximum absolute atomic E-state index is 12.9. The van der Waals surface area contributed by atoms with Crippen LogP contribution in [0.2, 0.25) is 0 Å². The average molecular weight is 491 g/mol. The Morgan fingerprint density at radius 3 is 2.62 bits per heavy atom. The molecule has 0 spiro atoms. The highest BCUT2D eigenvalue weighted by Crippen LogP contribution is 2.31. The highest BCUT2D eigenvalue weighted by Gasteiger charge is 2.30. The van der Waals surface area contributed by atoms with Crippen molar-refractivity contribution in [3.8, 4) is 0 Å². The van der Waals surface area contributed by atoms with Gasteiger partial charge in [-0.15, -0.1) is 5.10 Å². The number of benzene rings is 2. The van der Waals surface area contributed by atoms with Crippen LogP contribution in [0.15, 0.2) is 53.7 Å². The molecule has 8 nitrogen and oxygen atoms in total. The number of rotatable bonds is 7. The summed E-state index contributed by atoms with van der Waals surface area (Å²) in [5.74, 6) is -0.250. The standard InChI is InChI=1S/C22H20F3N5O3S/c23-22(24,25)14-5-2-7-16(11-14)27-20(32)13-4-1-6-15(10-13)26-18(31)12-34-21-28-19(29-30-21)17-8-3-9-33-17/h1-2,4-7,10-11,17H,3,8-9,12H2,(H,26,31)(H,27,32)(H,28,29,30). The molecule has 2 aromatic carbocycles. The van der Waals surface area contributed by atoms with Gasteiger partial charge in [0.2, 0.25) is 11.1 Å². The highest BCUT2D eigenvalue weighted by molar-refractivity contribution is 7.99. The third kappa shape index (κ3) is 6.14. The molecule has 0 aliphatic carbocycles. The lowest BCUT2D eigenvalue weighted by molar-refractivity contribution is -0.137. The van der Waals surface area contributed by atoms with E-state index in [1.807, 2.05) is 0 Å². The van der Waals surface area contributed by atoms with Crippen LogP contribution in [0, 0.1) is 0 Å². The summed E-state index contributed by atoms with van der Waals surface area (Å²) in [6.45, 7) is 0.688. The molecule has 1 atom stereocenters. The Morgan fingerprint density at radius 2 is 1.88 bits per heavy atom. The number of carbonyl (C=O) groups excluding carboxylic acids is 2. The minimum absolute atomic E-state index is 0.0135. The van der Waals surface area contributed by atoms with Crippen molar-refractivity contribution in [1.29, 1.82) is 0 Å². The largest absolute Gasteiger partial charge is 0.416 e. The van der Waals surface area contributed by atoms with Crippen LogP contribution < -0.4 is 10.6 Å². The Labute approximate surface area is 196 Å². The first-order valence-electron chi connectivity index (χ1n) is 10.3. The van der Waals surface area contributed by atoms with Gasteiger partial charge in [0, 0.05) is 23.5 Å². The van der Waals surface area contributed by atoms with E-state index in [0.29, 0.717) is 23.3 Å². The molecule has 178 valence electrons. The molecular formula is C22H20F3N5O3S. The Kier molecular flexibility index (Phi) is 7.17. The van der Waals surface area contributed by atoms with Crippen molar-refractivity contribution in [1.82, 2.24) is 15.2 Å². The molecule has 12 heteroatoms. The molecule has 3 aromatic rings. The molecule has 0 saturated carbocycles. The van der Waals surface area contributed by atoms with E-state index in [4.69, 9.17) is 4.74 Å². The number of aromatic amines is 1. The SMILES string of the molecule is O=C(CSc1n[nH]c(C2CCCO2)n1)Nc1cccc(C(=O)Nc2cccc(C(F)(F)F)c2)c1. The average Bonchev–Trinajstić information content (AvgIpc) is 3.49. The number of carbonyl (C=O) groups is 2. The molecule has 4 rings (SSSR count). The van der Waals surface area contributed by atoms with E-state index in [9.17, 15) is 22.8 Å². The minimum atomic E-state index is -4.51. The number of ether oxygens (including phenoxy) is 1. The lowest BCUT2D eigenvalue weighted by Crippen LogP contribution is -2.16. The van der Waals surface area contributed by atoms with E-state index in [1.165, 1.54) is 24.3 Å². The van der Waals surface area contributed by atoms with Crippen molar-refractivity contribution in [2.75, 3.05) is 23.0 Å². The summed E-state index contributed by atoms with van der Waals surface area (Å²) in [7, 11) is 0. The molecule has 3 N–H and O–H groups in total. The maximum Gasteiger partial charge on any atom is 0.416 e. The van der Waals surface area contributed by atoms with Gasteiger partial charge in [-0.1, -0.05) is 23.9 Å². The number of anilines is 2. The topological polar surface area (TPSA) is 109 Å². The summed E-state index contributed by atoms with van der Waals surface area (Å²) in [6, 6.07) is 10.5. The number of hydrogen-bond donors (Lipinski definition) is 3. The van der Waals surface area contributed by atoms with Gasteiger partial charge in [0.05, 0.1) is 11.3 Å². The summed E-state index contributed by atoms with van der Waals surface area (Å²) >= 11 is 1.15. The van der Waals surface area contributed by atoms with Crippen LogP contribution in [-0.2, 0) is 15.7 Å². The van der Waals surface area contributed by atoms with E-state index in [2.05, 4.69) is 25.8 Å². The summed E-state index contributed by atoms with van der Waals surface area (Å²) in [5, 5.41) is 12.5. The van der Waals surface area contributed by atoms with Crippen LogP contribution in [-0.4, -0.2) is 39.4 Å². The van der Waals surface area contributed by atoms with Crippen LogP contribution in [0.1, 0.15) is 40.7 Å². The number of halogens is 3. The second kappa shape index (κ2) is 10.3. The summed E-state index contributed by atoms with van der Waals surface area (Å²) in [5.41, 5.74) is -0.298. The summed E-state index contributed by atoms with van der Waals surface area (Å²) < 4.78 is 44.2. The maximum atomic E-state index is 12.9. The van der Waals surface area contributed by atoms with Crippen LogP contribution in [0.25, 0.3) is 0 Å². The Morgan fingerprint density at radius 1 is 1.12 bits per heavy atom. The minimum Gasteiger partial charge on any atom is -0.370 e. The van der Waals surface area contributed by atoms with Gasteiger partial charge >= 0.3 is 6.18 Å². The normalized spacial score (nSPS) is 15.8. The number of thioether (sulfide) groups is 1.